The van der Waals surface area contributed by atoms with Crippen LogP contribution in [0.25, 0.3) is 0 Å². The van der Waals surface area contributed by atoms with Gasteiger partial charge in [0.15, 0.2) is 0 Å². The fraction of sp³-hybridized carbons (Fsp3) is 0.727. The summed E-state index contributed by atoms with van der Waals surface area (Å²) in [7, 11) is 1.74. The van der Waals surface area contributed by atoms with Crippen LogP contribution in [0.2, 0.25) is 0 Å². The van der Waals surface area contributed by atoms with Gasteiger partial charge < -0.3 is 10.1 Å². The molecule has 2 unspecified atom stereocenters. The summed E-state index contributed by atoms with van der Waals surface area (Å²) in [4.78, 5) is 5.71. The van der Waals surface area contributed by atoms with Gasteiger partial charge in [0.2, 0.25) is 0 Å². The van der Waals surface area contributed by atoms with Crippen LogP contribution in [0, 0.1) is 0 Å². The summed E-state index contributed by atoms with van der Waals surface area (Å²) < 4.78 is 5.25. The first-order valence-electron chi connectivity index (χ1n) is 5.37. The van der Waals surface area contributed by atoms with Crippen molar-refractivity contribution in [3.05, 3.63) is 16.1 Å². The summed E-state index contributed by atoms with van der Waals surface area (Å²) in [5, 5.41) is 4.56. The Bertz CT molecular complexity index is 288. The maximum Gasteiger partial charge on any atom is 0.107 e. The number of hydrogen-bond acceptors (Lipinski definition) is 4. The normalized spacial score (nSPS) is 15.2. The number of aryl methyl sites for hydroxylation is 1. The number of ether oxygens (including phenoxy) is 1. The molecular formula is C11H20N2OS. The maximum atomic E-state index is 5.25. The lowest BCUT2D eigenvalue weighted by Gasteiger charge is -2.19. The van der Waals surface area contributed by atoms with E-state index < -0.39 is 0 Å². The van der Waals surface area contributed by atoms with Gasteiger partial charge in [-0.1, -0.05) is 6.92 Å². The highest BCUT2D eigenvalue weighted by Crippen LogP contribution is 2.13. The van der Waals surface area contributed by atoms with E-state index in [0.29, 0.717) is 6.04 Å². The Morgan fingerprint density at radius 3 is 2.80 bits per heavy atom. The Labute approximate surface area is 95.9 Å². The second-order valence-electron chi connectivity index (χ2n) is 3.68. The van der Waals surface area contributed by atoms with E-state index in [1.165, 1.54) is 4.88 Å². The molecule has 1 N–H and O–H groups in total. The molecule has 2 atom stereocenters. The van der Waals surface area contributed by atoms with E-state index in [1.54, 1.807) is 18.4 Å². The van der Waals surface area contributed by atoms with E-state index in [2.05, 4.69) is 31.1 Å². The van der Waals surface area contributed by atoms with Crippen molar-refractivity contribution in [3.63, 3.8) is 0 Å². The summed E-state index contributed by atoms with van der Waals surface area (Å²) in [6.45, 7) is 7.18. The number of thiazole rings is 1. The third-order valence-electron chi connectivity index (χ3n) is 2.60. The Balaban J connectivity index is 2.36. The average molecular weight is 228 g/mol. The molecule has 0 aliphatic carbocycles. The highest BCUT2D eigenvalue weighted by molar-refractivity contribution is 7.11. The van der Waals surface area contributed by atoms with Gasteiger partial charge in [-0.3, -0.25) is 0 Å². The average Bonchev–Trinajstić information content (AvgIpc) is 2.72. The minimum Gasteiger partial charge on any atom is -0.380 e. The van der Waals surface area contributed by atoms with E-state index in [9.17, 15) is 0 Å². The fourth-order valence-corrected chi connectivity index (χ4v) is 2.02. The molecule has 0 saturated carbocycles. The zero-order chi connectivity index (χ0) is 11.3. The molecule has 0 radical (unpaired) electrons. The monoisotopic (exact) mass is 228 g/mol. The molecule has 3 nitrogen and oxygen atoms in total. The molecule has 1 heterocycles. The topological polar surface area (TPSA) is 34.2 Å². The van der Waals surface area contributed by atoms with Crippen molar-refractivity contribution in [2.24, 2.45) is 0 Å². The smallest absolute Gasteiger partial charge is 0.107 e. The van der Waals surface area contributed by atoms with Gasteiger partial charge in [0.05, 0.1) is 6.10 Å². The lowest BCUT2D eigenvalue weighted by atomic mass is 10.2. The molecule has 0 aliphatic rings. The van der Waals surface area contributed by atoms with Crippen molar-refractivity contribution in [3.8, 4) is 0 Å². The van der Waals surface area contributed by atoms with Crippen molar-refractivity contribution in [2.75, 3.05) is 7.11 Å². The van der Waals surface area contributed by atoms with Crippen molar-refractivity contribution < 1.29 is 4.74 Å². The fourth-order valence-electron chi connectivity index (χ4n) is 1.21. The number of nitrogens with zero attached hydrogens (tertiary/aromatic N) is 1. The van der Waals surface area contributed by atoms with Crippen LogP contribution >= 0.6 is 11.3 Å². The van der Waals surface area contributed by atoms with Gasteiger partial charge >= 0.3 is 0 Å². The van der Waals surface area contributed by atoms with Crippen LogP contribution in [-0.4, -0.2) is 24.2 Å². The van der Waals surface area contributed by atoms with Crippen LogP contribution in [-0.2, 0) is 17.7 Å². The lowest BCUT2D eigenvalue weighted by molar-refractivity contribution is 0.0882. The van der Waals surface area contributed by atoms with Gasteiger partial charge in [0.1, 0.15) is 5.01 Å². The van der Waals surface area contributed by atoms with Crippen molar-refractivity contribution in [1.29, 1.82) is 0 Å². The molecule has 15 heavy (non-hydrogen) atoms. The Hall–Kier alpha value is -0.450. The second kappa shape index (κ2) is 6.20. The van der Waals surface area contributed by atoms with Gasteiger partial charge in [0, 0.05) is 30.8 Å². The van der Waals surface area contributed by atoms with Gasteiger partial charge in [-0.15, -0.1) is 11.3 Å². The van der Waals surface area contributed by atoms with Crippen molar-refractivity contribution in [1.82, 2.24) is 10.3 Å². The molecule has 4 heteroatoms. The molecule has 1 aromatic rings. The number of methoxy groups -OCH3 is 1. The van der Waals surface area contributed by atoms with Crippen LogP contribution in [0.1, 0.15) is 30.7 Å². The molecule has 0 aliphatic heterocycles. The molecule has 0 spiro atoms. The summed E-state index contributed by atoms with van der Waals surface area (Å²) in [6, 6.07) is 0.351. The number of rotatable bonds is 6. The number of nitrogens with one attached hydrogen (secondary N) is 1. The summed E-state index contributed by atoms with van der Waals surface area (Å²) in [5.41, 5.74) is 0. The molecule has 0 aromatic carbocycles. The molecule has 0 saturated heterocycles. The van der Waals surface area contributed by atoms with E-state index in [1.807, 2.05) is 6.20 Å². The van der Waals surface area contributed by atoms with Crippen LogP contribution < -0.4 is 5.32 Å². The zero-order valence-corrected chi connectivity index (χ0v) is 10.7. The molecule has 86 valence electrons. The maximum absolute atomic E-state index is 5.25. The predicted molar refractivity (Wildman–Crippen MR) is 64.3 cm³/mol. The van der Waals surface area contributed by atoms with Gasteiger partial charge in [-0.05, 0) is 20.3 Å². The van der Waals surface area contributed by atoms with E-state index in [0.717, 1.165) is 18.0 Å². The molecule has 0 amide bonds. The summed E-state index contributed by atoms with van der Waals surface area (Å²) in [6.07, 6.45) is 3.27. The first kappa shape index (κ1) is 12.6. The quantitative estimate of drug-likeness (QED) is 0.810. The van der Waals surface area contributed by atoms with E-state index in [-0.39, 0.29) is 6.10 Å². The third-order valence-corrected chi connectivity index (χ3v) is 3.74. The van der Waals surface area contributed by atoms with Crippen LogP contribution in [0.4, 0.5) is 0 Å². The largest absolute Gasteiger partial charge is 0.380 e. The van der Waals surface area contributed by atoms with E-state index in [4.69, 9.17) is 4.74 Å². The van der Waals surface area contributed by atoms with Gasteiger partial charge in [-0.2, -0.15) is 0 Å². The highest BCUT2D eigenvalue weighted by atomic mass is 32.1. The van der Waals surface area contributed by atoms with Crippen LogP contribution in [0.5, 0.6) is 0 Å². The first-order chi connectivity index (χ1) is 7.17. The predicted octanol–water partition coefficient (Wildman–Crippen LogP) is 2.22. The highest BCUT2D eigenvalue weighted by Gasteiger charge is 2.10. The zero-order valence-electron chi connectivity index (χ0n) is 9.91. The lowest BCUT2D eigenvalue weighted by Crippen LogP contribution is -2.36. The number of aromatic nitrogens is 1. The Morgan fingerprint density at radius 1 is 1.53 bits per heavy atom. The first-order valence-corrected chi connectivity index (χ1v) is 6.18. The SMILES string of the molecule is CCc1cnc(CNC(C)C(C)OC)s1. The summed E-state index contributed by atoms with van der Waals surface area (Å²) in [5.74, 6) is 0. The molecular weight excluding hydrogens is 208 g/mol. The standard InChI is InChI=1S/C11H20N2OS/c1-5-10-6-13-11(15-10)7-12-8(2)9(3)14-4/h6,8-9,12H,5,7H2,1-4H3. The van der Waals surface area contributed by atoms with Gasteiger partial charge in [-0.25, -0.2) is 4.98 Å². The van der Waals surface area contributed by atoms with Crippen LogP contribution in [0.3, 0.4) is 0 Å². The molecule has 1 aromatic heterocycles. The van der Waals surface area contributed by atoms with Crippen LogP contribution in [0.15, 0.2) is 6.20 Å². The Morgan fingerprint density at radius 2 is 2.27 bits per heavy atom. The molecule has 0 fully saturated rings. The Kier molecular flexibility index (Phi) is 5.22. The van der Waals surface area contributed by atoms with Crippen molar-refractivity contribution in [2.45, 2.75) is 45.9 Å². The minimum atomic E-state index is 0.232. The third kappa shape index (κ3) is 3.89. The number of hydrogen-bond donors (Lipinski definition) is 1. The second-order valence-corrected chi connectivity index (χ2v) is 4.88. The van der Waals surface area contributed by atoms with Gasteiger partial charge in [0.25, 0.3) is 0 Å². The van der Waals surface area contributed by atoms with E-state index >= 15 is 0 Å². The van der Waals surface area contributed by atoms with Crippen molar-refractivity contribution >= 4 is 11.3 Å². The molecule has 0 bridgehead atoms. The molecule has 1 rings (SSSR count). The summed E-state index contributed by atoms with van der Waals surface area (Å²) >= 11 is 1.78. The minimum absolute atomic E-state index is 0.232.